The van der Waals surface area contributed by atoms with Crippen LogP contribution < -0.4 is 0 Å². The van der Waals surface area contributed by atoms with Crippen LogP contribution in [0.25, 0.3) is 0 Å². The Balaban J connectivity index is 2.59. The number of hydrogen-bond acceptors (Lipinski definition) is 6. The van der Waals surface area contributed by atoms with Crippen LogP contribution in [0.15, 0.2) is 23.1 Å². The Kier molecular flexibility index (Phi) is 7.41. The van der Waals surface area contributed by atoms with E-state index in [-0.39, 0.29) is 28.7 Å². The van der Waals surface area contributed by atoms with Gasteiger partial charge in [0, 0.05) is 17.8 Å². The predicted octanol–water partition coefficient (Wildman–Crippen LogP) is 2.09. The van der Waals surface area contributed by atoms with Gasteiger partial charge in [0.1, 0.15) is 11.5 Å². The van der Waals surface area contributed by atoms with E-state index in [1.165, 1.54) is 12.1 Å². The van der Waals surface area contributed by atoms with Gasteiger partial charge in [-0.3, -0.25) is 0 Å². The Morgan fingerprint density at radius 2 is 1.86 bits per heavy atom. The molecule has 0 spiro atoms. The van der Waals surface area contributed by atoms with Crippen LogP contribution >= 0.6 is 22.3 Å². The van der Waals surface area contributed by atoms with Gasteiger partial charge in [-0.05, 0) is 18.2 Å². The molecule has 0 atom stereocenters. The highest BCUT2D eigenvalue weighted by atomic mass is 35.7. The summed E-state index contributed by atoms with van der Waals surface area (Å²) in [5.74, 6) is -0.691. The summed E-state index contributed by atoms with van der Waals surface area (Å²) in [5, 5.41) is -0.0653. The zero-order valence-electron chi connectivity index (χ0n) is 11.2. The summed E-state index contributed by atoms with van der Waals surface area (Å²) < 4.78 is 37.4. The maximum Gasteiger partial charge on any atom is 0.338 e. The van der Waals surface area contributed by atoms with Gasteiger partial charge in [0.25, 0.3) is 9.05 Å². The highest BCUT2D eigenvalue weighted by Gasteiger charge is 2.18. The molecule has 0 bridgehead atoms. The lowest BCUT2D eigenvalue weighted by atomic mass is 10.2. The predicted molar refractivity (Wildman–Crippen MR) is 77.5 cm³/mol. The molecule has 0 amide bonds. The molecule has 0 radical (unpaired) electrons. The lowest BCUT2D eigenvalue weighted by Crippen LogP contribution is -2.13. The normalized spacial score (nSPS) is 11.4. The molecule has 0 heterocycles. The van der Waals surface area contributed by atoms with Crippen molar-refractivity contribution in [2.75, 3.05) is 33.5 Å². The molecule has 0 saturated carbocycles. The van der Waals surface area contributed by atoms with Crippen molar-refractivity contribution in [2.24, 2.45) is 0 Å². The van der Waals surface area contributed by atoms with Gasteiger partial charge in [-0.25, -0.2) is 13.2 Å². The Morgan fingerprint density at radius 3 is 2.48 bits per heavy atom. The number of rotatable bonds is 8. The molecule has 1 aromatic rings. The van der Waals surface area contributed by atoms with Gasteiger partial charge in [0.2, 0.25) is 0 Å². The molecule has 9 heteroatoms. The van der Waals surface area contributed by atoms with Crippen molar-refractivity contribution in [3.8, 4) is 0 Å². The summed E-state index contributed by atoms with van der Waals surface area (Å²) >= 11 is 5.71. The summed E-state index contributed by atoms with van der Waals surface area (Å²) in [4.78, 5) is 11.4. The van der Waals surface area contributed by atoms with Crippen LogP contribution in [-0.2, 0) is 23.3 Å². The quantitative estimate of drug-likeness (QED) is 0.403. The molecular formula is C12H14Cl2O6S. The van der Waals surface area contributed by atoms with E-state index in [0.717, 1.165) is 6.07 Å². The summed E-state index contributed by atoms with van der Waals surface area (Å²) in [6.45, 7) is 1.09. The highest BCUT2D eigenvalue weighted by molar-refractivity contribution is 8.13. The van der Waals surface area contributed by atoms with E-state index in [4.69, 9.17) is 36.5 Å². The fraction of sp³-hybridized carbons (Fsp3) is 0.417. The summed E-state index contributed by atoms with van der Waals surface area (Å²) in [5.41, 5.74) is 0.0375. The molecule has 0 saturated heterocycles. The third kappa shape index (κ3) is 6.19. The zero-order valence-corrected chi connectivity index (χ0v) is 13.5. The molecular weight excluding hydrogens is 343 g/mol. The third-order valence-corrected chi connectivity index (χ3v) is 4.13. The van der Waals surface area contributed by atoms with Gasteiger partial charge in [-0.1, -0.05) is 11.6 Å². The first-order chi connectivity index (χ1) is 9.86. The number of halogens is 2. The molecule has 118 valence electrons. The van der Waals surface area contributed by atoms with Crippen molar-refractivity contribution in [1.29, 1.82) is 0 Å². The number of ether oxygens (including phenoxy) is 3. The average molecular weight is 357 g/mol. The summed E-state index contributed by atoms with van der Waals surface area (Å²) in [6, 6.07) is 3.68. The molecule has 0 aliphatic heterocycles. The SMILES string of the molecule is COCCOCCOC(=O)c1ccc(Cl)c(S(=O)(=O)Cl)c1. The molecule has 1 aromatic carbocycles. The van der Waals surface area contributed by atoms with Crippen LogP contribution in [0, 0.1) is 0 Å². The largest absolute Gasteiger partial charge is 0.460 e. The number of benzene rings is 1. The van der Waals surface area contributed by atoms with E-state index in [1.54, 1.807) is 7.11 Å². The summed E-state index contributed by atoms with van der Waals surface area (Å²) in [6.07, 6.45) is 0. The highest BCUT2D eigenvalue weighted by Crippen LogP contribution is 2.25. The van der Waals surface area contributed by atoms with Crippen LogP contribution in [0.4, 0.5) is 0 Å². The monoisotopic (exact) mass is 356 g/mol. The second kappa shape index (κ2) is 8.55. The Hall–Kier alpha value is -0.860. The second-order valence-electron chi connectivity index (χ2n) is 3.82. The van der Waals surface area contributed by atoms with E-state index >= 15 is 0 Å². The number of methoxy groups -OCH3 is 1. The molecule has 0 unspecified atom stereocenters. The maximum absolute atomic E-state index is 11.7. The molecule has 0 N–H and O–H groups in total. The average Bonchev–Trinajstić information content (AvgIpc) is 2.41. The number of carbonyl (C=O) groups is 1. The van der Waals surface area contributed by atoms with E-state index in [1.807, 2.05) is 0 Å². The zero-order chi connectivity index (χ0) is 15.9. The molecule has 6 nitrogen and oxygen atoms in total. The molecule has 1 rings (SSSR count). The van der Waals surface area contributed by atoms with Gasteiger partial charge >= 0.3 is 5.97 Å². The molecule has 0 fully saturated rings. The fourth-order valence-corrected chi connectivity index (χ4v) is 2.83. The number of hydrogen-bond donors (Lipinski definition) is 0. The van der Waals surface area contributed by atoms with E-state index in [2.05, 4.69) is 0 Å². The second-order valence-corrected chi connectivity index (χ2v) is 6.77. The van der Waals surface area contributed by atoms with Crippen LogP contribution in [0.2, 0.25) is 5.02 Å². The van der Waals surface area contributed by atoms with Crippen LogP contribution in [0.3, 0.4) is 0 Å². The Morgan fingerprint density at radius 1 is 1.19 bits per heavy atom. The van der Waals surface area contributed by atoms with Crippen LogP contribution in [0.1, 0.15) is 10.4 Å². The van der Waals surface area contributed by atoms with E-state index in [0.29, 0.717) is 13.2 Å². The van der Waals surface area contributed by atoms with E-state index in [9.17, 15) is 13.2 Å². The fourth-order valence-electron chi connectivity index (χ4n) is 1.34. The van der Waals surface area contributed by atoms with Crippen molar-refractivity contribution >= 4 is 37.3 Å². The minimum atomic E-state index is -4.03. The van der Waals surface area contributed by atoms with Crippen molar-refractivity contribution in [2.45, 2.75) is 4.90 Å². The topological polar surface area (TPSA) is 78.9 Å². The minimum Gasteiger partial charge on any atom is -0.460 e. The minimum absolute atomic E-state index is 0.0358. The smallest absolute Gasteiger partial charge is 0.338 e. The van der Waals surface area contributed by atoms with Crippen LogP contribution in [-0.4, -0.2) is 47.9 Å². The van der Waals surface area contributed by atoms with Gasteiger partial charge < -0.3 is 14.2 Å². The first-order valence-electron chi connectivity index (χ1n) is 5.84. The molecule has 0 aromatic heterocycles. The van der Waals surface area contributed by atoms with Crippen molar-refractivity contribution in [1.82, 2.24) is 0 Å². The summed E-state index contributed by atoms with van der Waals surface area (Å²) in [7, 11) is 2.74. The number of carbonyl (C=O) groups excluding carboxylic acids is 1. The van der Waals surface area contributed by atoms with Crippen molar-refractivity contribution in [3.05, 3.63) is 28.8 Å². The van der Waals surface area contributed by atoms with Crippen molar-refractivity contribution < 1.29 is 27.4 Å². The molecule has 21 heavy (non-hydrogen) atoms. The lowest BCUT2D eigenvalue weighted by molar-refractivity contribution is 0.0213. The van der Waals surface area contributed by atoms with E-state index < -0.39 is 15.0 Å². The van der Waals surface area contributed by atoms with Gasteiger partial charge in [-0.15, -0.1) is 0 Å². The molecule has 0 aliphatic rings. The standard InChI is InChI=1S/C12H14Cl2O6S/c1-18-4-5-19-6-7-20-12(15)9-2-3-10(13)11(8-9)21(14,16)17/h2-3,8H,4-7H2,1H3. The van der Waals surface area contributed by atoms with Crippen LogP contribution in [0.5, 0.6) is 0 Å². The van der Waals surface area contributed by atoms with Crippen molar-refractivity contribution in [3.63, 3.8) is 0 Å². The third-order valence-electron chi connectivity index (χ3n) is 2.32. The first-order valence-corrected chi connectivity index (χ1v) is 8.53. The first kappa shape index (κ1) is 18.2. The molecule has 0 aliphatic carbocycles. The maximum atomic E-state index is 11.7. The van der Waals surface area contributed by atoms with Gasteiger partial charge in [-0.2, -0.15) is 0 Å². The van der Waals surface area contributed by atoms with Gasteiger partial charge in [0.05, 0.1) is 30.4 Å². The Bertz CT molecular complexity index is 587. The van der Waals surface area contributed by atoms with Gasteiger partial charge in [0.15, 0.2) is 0 Å². The Labute approximate surface area is 132 Å². The lowest BCUT2D eigenvalue weighted by Gasteiger charge is -2.07. The number of esters is 1.